The predicted molar refractivity (Wildman–Crippen MR) is 71.1 cm³/mol. The Hall–Kier alpha value is -0.900. The molecular weight excluding hydrogens is 256 g/mol. The van der Waals surface area contributed by atoms with Gasteiger partial charge in [0.2, 0.25) is 0 Å². The van der Waals surface area contributed by atoms with Gasteiger partial charge in [-0.15, -0.1) is 0 Å². The molecule has 0 unspecified atom stereocenters. The van der Waals surface area contributed by atoms with E-state index in [9.17, 15) is 9.59 Å². The highest BCUT2D eigenvalue weighted by Gasteiger charge is 2.42. The SMILES string of the molecule is [CH]CCOC(C[CH])(C[CH])C(=O)OC(=O)C([CH])(C[CH])C[CH]. The quantitative estimate of drug-likeness (QED) is 0.477. The van der Waals surface area contributed by atoms with E-state index in [2.05, 4.69) is 4.74 Å². The molecule has 0 saturated heterocycles. The van der Waals surface area contributed by atoms with E-state index in [-0.39, 0.29) is 38.7 Å². The van der Waals surface area contributed by atoms with Gasteiger partial charge in [0.15, 0.2) is 5.60 Å². The normalized spacial score (nSPS) is 12.3. The van der Waals surface area contributed by atoms with Crippen LogP contribution in [0.2, 0.25) is 0 Å². The number of carbonyl (C=O) groups is 2. The third kappa shape index (κ3) is 4.30. The average molecular weight is 274 g/mol. The van der Waals surface area contributed by atoms with Gasteiger partial charge in [-0.05, 0) is 73.6 Å². The summed E-state index contributed by atoms with van der Waals surface area (Å²) in [7, 11) is 0. The molecule has 4 nitrogen and oxygen atoms in total. The summed E-state index contributed by atoms with van der Waals surface area (Å²) in [5.74, 6) is -2.10. The van der Waals surface area contributed by atoms with Crippen LogP contribution in [0.15, 0.2) is 0 Å². The molecule has 0 saturated carbocycles. The fraction of sp³-hybridized carbons (Fsp3) is 0.500. The molecule has 0 fully saturated rings. The van der Waals surface area contributed by atoms with Crippen molar-refractivity contribution < 1.29 is 19.1 Å². The van der Waals surface area contributed by atoms with Gasteiger partial charge in [0.1, 0.15) is 0 Å². The maximum Gasteiger partial charge on any atom is 0.346 e. The van der Waals surface area contributed by atoms with Crippen LogP contribution < -0.4 is 0 Å². The van der Waals surface area contributed by atoms with E-state index in [4.69, 9.17) is 46.3 Å². The second-order valence-corrected chi connectivity index (χ2v) is 4.28. The van der Waals surface area contributed by atoms with Crippen LogP contribution in [0.4, 0.5) is 0 Å². The Labute approximate surface area is 123 Å². The summed E-state index contributed by atoms with van der Waals surface area (Å²) in [6.45, 7) is 32.5. The van der Waals surface area contributed by atoms with Crippen molar-refractivity contribution in [1.82, 2.24) is 0 Å². The van der Waals surface area contributed by atoms with Crippen LogP contribution in [-0.4, -0.2) is 24.1 Å². The molecule has 0 amide bonds. The van der Waals surface area contributed by atoms with E-state index < -0.39 is 23.0 Å². The van der Waals surface area contributed by atoms with Crippen LogP contribution in [0, 0.1) is 47.0 Å². The van der Waals surface area contributed by atoms with Gasteiger partial charge in [0.25, 0.3) is 0 Å². The van der Waals surface area contributed by atoms with Crippen molar-refractivity contribution in [3.8, 4) is 0 Å². The average Bonchev–Trinajstić information content (AvgIpc) is 2.47. The van der Waals surface area contributed by atoms with Crippen LogP contribution in [0.5, 0.6) is 0 Å². The molecular formula is C16H18O4. The highest BCUT2D eigenvalue weighted by molar-refractivity contribution is 5.93. The first-order valence-electron chi connectivity index (χ1n) is 6.05. The van der Waals surface area contributed by atoms with Crippen LogP contribution in [0.3, 0.4) is 0 Å². The first kappa shape index (κ1) is 19.1. The highest BCUT2D eigenvalue weighted by atomic mass is 16.6. The van der Waals surface area contributed by atoms with E-state index >= 15 is 0 Å². The summed E-state index contributed by atoms with van der Waals surface area (Å²) in [6, 6.07) is 0. The number of hydrogen-bond acceptors (Lipinski definition) is 4. The topological polar surface area (TPSA) is 52.6 Å². The Morgan fingerprint density at radius 2 is 1.35 bits per heavy atom. The predicted octanol–water partition coefficient (Wildman–Crippen LogP) is 2.02. The zero-order valence-corrected chi connectivity index (χ0v) is 11.3. The Balaban J connectivity index is 4.98. The largest absolute Gasteiger partial charge is 0.391 e. The molecule has 0 heterocycles. The Kier molecular flexibility index (Phi) is 8.02. The van der Waals surface area contributed by atoms with E-state index in [0.29, 0.717) is 0 Å². The molecule has 0 rings (SSSR count). The minimum absolute atomic E-state index is 0.0270. The van der Waals surface area contributed by atoms with Gasteiger partial charge in [0, 0.05) is 6.61 Å². The van der Waals surface area contributed by atoms with Crippen LogP contribution in [0.25, 0.3) is 0 Å². The lowest BCUT2D eigenvalue weighted by molar-refractivity contribution is -0.183. The number of carbonyl (C=O) groups excluding carboxylic acids is 2. The van der Waals surface area contributed by atoms with Gasteiger partial charge in [-0.2, -0.15) is 0 Å². The third-order valence-electron chi connectivity index (χ3n) is 2.85. The standard InChI is InChI=1S/C16H18O4/c1-7-12-19-16(10-4,11-5)14(18)20-13(17)15(6,8-2)9-3/h1-6H,7-12H2. The molecule has 0 bridgehead atoms. The lowest BCUT2D eigenvalue weighted by Crippen LogP contribution is -2.45. The summed E-state index contributed by atoms with van der Waals surface area (Å²) in [5, 5.41) is 0. The minimum atomic E-state index is -1.65. The molecule has 0 aromatic carbocycles. The highest BCUT2D eigenvalue weighted by Crippen LogP contribution is 2.29. The van der Waals surface area contributed by atoms with E-state index in [1.54, 1.807) is 0 Å². The van der Waals surface area contributed by atoms with Crippen LogP contribution >= 0.6 is 0 Å². The summed E-state index contributed by atoms with van der Waals surface area (Å²) >= 11 is 0. The molecule has 0 spiro atoms. The van der Waals surface area contributed by atoms with Crippen molar-refractivity contribution in [3.05, 3.63) is 41.5 Å². The smallest absolute Gasteiger partial charge is 0.346 e. The summed E-state index contributed by atoms with van der Waals surface area (Å²) < 4.78 is 9.87. The first-order valence-corrected chi connectivity index (χ1v) is 6.05. The lowest BCUT2D eigenvalue weighted by atomic mass is 9.85. The number of ether oxygens (including phenoxy) is 2. The van der Waals surface area contributed by atoms with E-state index in [1.165, 1.54) is 0 Å². The van der Waals surface area contributed by atoms with Gasteiger partial charge in [-0.3, -0.25) is 4.79 Å². The van der Waals surface area contributed by atoms with Crippen molar-refractivity contribution in [1.29, 1.82) is 0 Å². The third-order valence-corrected chi connectivity index (χ3v) is 2.85. The first-order chi connectivity index (χ1) is 9.35. The Morgan fingerprint density at radius 3 is 1.70 bits per heavy atom. The summed E-state index contributed by atoms with van der Waals surface area (Å²) in [4.78, 5) is 23.8. The molecule has 12 radical (unpaired) electrons. The minimum Gasteiger partial charge on any atom is -0.391 e. The molecule has 0 aliphatic heterocycles. The molecule has 0 atom stereocenters. The van der Waals surface area contributed by atoms with Crippen molar-refractivity contribution in [2.75, 3.05) is 6.61 Å². The van der Waals surface area contributed by atoms with Crippen molar-refractivity contribution in [2.45, 2.75) is 37.7 Å². The van der Waals surface area contributed by atoms with Crippen molar-refractivity contribution >= 4 is 11.9 Å². The second-order valence-electron chi connectivity index (χ2n) is 4.28. The summed E-state index contributed by atoms with van der Waals surface area (Å²) in [6.07, 6.45) is -0.971. The molecule has 0 aromatic rings. The lowest BCUT2D eigenvalue weighted by Gasteiger charge is -2.30. The molecule has 106 valence electrons. The number of hydrogen-bond donors (Lipinski definition) is 0. The molecule has 0 aliphatic rings. The molecule has 0 aromatic heterocycles. The van der Waals surface area contributed by atoms with Crippen molar-refractivity contribution in [2.24, 2.45) is 5.41 Å². The van der Waals surface area contributed by atoms with Crippen LogP contribution in [0.1, 0.15) is 32.1 Å². The zero-order chi connectivity index (χ0) is 15.8. The Bertz CT molecular complexity index is 314. The van der Waals surface area contributed by atoms with Crippen LogP contribution in [-0.2, 0) is 19.1 Å². The van der Waals surface area contributed by atoms with Gasteiger partial charge in [-0.1, -0.05) is 0 Å². The van der Waals surface area contributed by atoms with E-state index in [1.807, 2.05) is 0 Å². The van der Waals surface area contributed by atoms with Gasteiger partial charge in [-0.25, -0.2) is 4.79 Å². The molecule has 4 heteroatoms. The fourth-order valence-electron chi connectivity index (χ4n) is 1.21. The second kappa shape index (κ2) is 8.40. The Morgan fingerprint density at radius 1 is 0.850 bits per heavy atom. The maximum atomic E-state index is 12.0. The molecule has 0 N–H and O–H groups in total. The summed E-state index contributed by atoms with van der Waals surface area (Å²) in [5.41, 5.74) is -3.31. The van der Waals surface area contributed by atoms with Gasteiger partial charge in [0.05, 0.1) is 5.41 Å². The fourth-order valence-corrected chi connectivity index (χ4v) is 1.21. The zero-order valence-electron chi connectivity index (χ0n) is 11.3. The number of esters is 2. The van der Waals surface area contributed by atoms with Gasteiger partial charge < -0.3 is 9.47 Å². The van der Waals surface area contributed by atoms with E-state index in [0.717, 1.165) is 0 Å². The number of rotatable bonds is 9. The molecule has 0 aliphatic carbocycles. The van der Waals surface area contributed by atoms with Crippen molar-refractivity contribution in [3.63, 3.8) is 0 Å². The van der Waals surface area contributed by atoms with Gasteiger partial charge >= 0.3 is 11.9 Å². The monoisotopic (exact) mass is 274 g/mol. The molecule has 20 heavy (non-hydrogen) atoms. The maximum absolute atomic E-state index is 12.0.